The first-order valence-corrected chi connectivity index (χ1v) is 8.82. The van der Waals surface area contributed by atoms with Crippen LogP contribution in [0.15, 0.2) is 48.8 Å². The lowest BCUT2D eigenvalue weighted by Gasteiger charge is -2.31. The van der Waals surface area contributed by atoms with Crippen molar-refractivity contribution >= 4 is 11.8 Å². The molecule has 5 nitrogen and oxygen atoms in total. The quantitative estimate of drug-likeness (QED) is 0.899. The van der Waals surface area contributed by atoms with Crippen LogP contribution in [0.1, 0.15) is 24.0 Å². The Kier molecular flexibility index (Phi) is 5.88. The van der Waals surface area contributed by atoms with Crippen LogP contribution in [-0.4, -0.2) is 35.6 Å². The number of amides is 1. The maximum atomic E-state index is 12.2. The van der Waals surface area contributed by atoms with Crippen molar-refractivity contribution in [1.29, 1.82) is 0 Å². The molecule has 1 aromatic heterocycles. The zero-order valence-electron chi connectivity index (χ0n) is 14.6. The molecule has 1 aromatic carbocycles. The van der Waals surface area contributed by atoms with Crippen LogP contribution in [-0.2, 0) is 11.3 Å². The highest BCUT2D eigenvalue weighted by atomic mass is 16.6. The third-order valence-corrected chi connectivity index (χ3v) is 4.68. The number of hydrogen-bond donors (Lipinski definition) is 1. The lowest BCUT2D eigenvalue weighted by molar-refractivity contribution is 0.0832. The normalized spacial score (nSPS) is 15.0. The molecule has 2 aromatic rings. The van der Waals surface area contributed by atoms with Crippen molar-refractivity contribution in [2.24, 2.45) is 5.92 Å². The van der Waals surface area contributed by atoms with Crippen LogP contribution in [0.4, 0.5) is 10.5 Å². The molecule has 0 spiro atoms. The molecule has 1 aliphatic rings. The Morgan fingerprint density at radius 3 is 2.72 bits per heavy atom. The number of aryl methyl sites for hydroxylation is 1. The number of pyridine rings is 1. The van der Waals surface area contributed by atoms with Crippen LogP contribution in [0.3, 0.4) is 0 Å². The molecule has 2 heterocycles. The SMILES string of the molecule is Cc1cnccc1NCC1CCN(C(=O)OCc2ccccc2)CC1. The molecule has 3 rings (SSSR count). The summed E-state index contributed by atoms with van der Waals surface area (Å²) in [7, 11) is 0. The second-order valence-electron chi connectivity index (χ2n) is 6.54. The minimum absolute atomic E-state index is 0.208. The smallest absolute Gasteiger partial charge is 0.410 e. The lowest BCUT2D eigenvalue weighted by atomic mass is 9.97. The molecule has 25 heavy (non-hydrogen) atoms. The van der Waals surface area contributed by atoms with Crippen molar-refractivity contribution in [2.75, 3.05) is 25.0 Å². The Morgan fingerprint density at radius 1 is 1.24 bits per heavy atom. The number of hydrogen-bond acceptors (Lipinski definition) is 4. The third-order valence-electron chi connectivity index (χ3n) is 4.68. The van der Waals surface area contributed by atoms with Gasteiger partial charge in [0.05, 0.1) is 0 Å². The summed E-state index contributed by atoms with van der Waals surface area (Å²) in [6.45, 7) is 4.84. The van der Waals surface area contributed by atoms with Gasteiger partial charge in [0.1, 0.15) is 6.61 Å². The predicted octanol–water partition coefficient (Wildman–Crippen LogP) is 3.85. The lowest BCUT2D eigenvalue weighted by Crippen LogP contribution is -2.40. The number of ether oxygens (including phenoxy) is 1. The number of carbonyl (C=O) groups is 1. The van der Waals surface area contributed by atoms with Crippen LogP contribution < -0.4 is 5.32 Å². The van der Waals surface area contributed by atoms with E-state index in [1.54, 1.807) is 6.20 Å². The summed E-state index contributed by atoms with van der Waals surface area (Å²) < 4.78 is 5.41. The van der Waals surface area contributed by atoms with Gasteiger partial charge in [0, 0.05) is 37.7 Å². The Morgan fingerprint density at radius 2 is 2.00 bits per heavy atom. The molecule has 132 valence electrons. The molecule has 1 fully saturated rings. The number of rotatable bonds is 5. The van der Waals surface area contributed by atoms with Crippen molar-refractivity contribution in [3.8, 4) is 0 Å². The van der Waals surface area contributed by atoms with Gasteiger partial charge >= 0.3 is 6.09 Å². The Labute approximate surface area is 149 Å². The molecule has 1 amide bonds. The van der Waals surface area contributed by atoms with Crippen molar-refractivity contribution in [3.05, 3.63) is 59.9 Å². The molecular weight excluding hydrogens is 314 g/mol. The van der Waals surface area contributed by atoms with Gasteiger partial charge in [0.2, 0.25) is 0 Å². The summed E-state index contributed by atoms with van der Waals surface area (Å²) in [6, 6.07) is 11.8. The van der Waals surface area contributed by atoms with Gasteiger partial charge in [-0.3, -0.25) is 4.98 Å². The first-order valence-electron chi connectivity index (χ1n) is 8.82. The molecule has 1 aliphatic heterocycles. The van der Waals surface area contributed by atoms with Gasteiger partial charge in [-0.1, -0.05) is 30.3 Å². The van der Waals surface area contributed by atoms with Gasteiger partial charge in [-0.2, -0.15) is 0 Å². The van der Waals surface area contributed by atoms with E-state index >= 15 is 0 Å². The predicted molar refractivity (Wildman–Crippen MR) is 98.4 cm³/mol. The van der Waals surface area contributed by atoms with Gasteiger partial charge in [-0.25, -0.2) is 4.79 Å². The first-order chi connectivity index (χ1) is 12.2. The topological polar surface area (TPSA) is 54.5 Å². The fourth-order valence-electron chi connectivity index (χ4n) is 3.06. The van der Waals surface area contributed by atoms with E-state index in [-0.39, 0.29) is 6.09 Å². The van der Waals surface area contributed by atoms with Crippen LogP contribution >= 0.6 is 0 Å². The molecule has 0 radical (unpaired) electrons. The van der Waals surface area contributed by atoms with E-state index in [2.05, 4.69) is 17.2 Å². The number of carbonyl (C=O) groups excluding carboxylic acids is 1. The summed E-state index contributed by atoms with van der Waals surface area (Å²) in [5, 5.41) is 3.50. The number of anilines is 1. The maximum absolute atomic E-state index is 12.2. The van der Waals surface area contributed by atoms with Gasteiger partial charge in [-0.15, -0.1) is 0 Å². The molecule has 0 unspecified atom stereocenters. The fraction of sp³-hybridized carbons (Fsp3) is 0.400. The second kappa shape index (κ2) is 8.51. The van der Waals surface area contributed by atoms with E-state index in [0.29, 0.717) is 12.5 Å². The monoisotopic (exact) mass is 339 g/mol. The van der Waals surface area contributed by atoms with E-state index in [4.69, 9.17) is 4.74 Å². The summed E-state index contributed by atoms with van der Waals surface area (Å²) in [6.07, 6.45) is 5.46. The molecule has 0 saturated carbocycles. The van der Waals surface area contributed by atoms with Crippen molar-refractivity contribution in [1.82, 2.24) is 9.88 Å². The Hall–Kier alpha value is -2.56. The number of nitrogens with one attached hydrogen (secondary N) is 1. The largest absolute Gasteiger partial charge is 0.445 e. The number of nitrogens with zero attached hydrogens (tertiary/aromatic N) is 2. The zero-order valence-corrected chi connectivity index (χ0v) is 14.6. The molecular formula is C20H25N3O2. The van der Waals surface area contributed by atoms with Crippen molar-refractivity contribution in [2.45, 2.75) is 26.4 Å². The number of benzene rings is 1. The minimum Gasteiger partial charge on any atom is -0.445 e. The van der Waals surface area contributed by atoms with Crippen LogP contribution in [0.5, 0.6) is 0 Å². The third kappa shape index (κ3) is 4.95. The van der Waals surface area contributed by atoms with Gasteiger partial charge < -0.3 is 15.0 Å². The molecule has 1 N–H and O–H groups in total. The highest BCUT2D eigenvalue weighted by Crippen LogP contribution is 2.20. The van der Waals surface area contributed by atoms with Crippen molar-refractivity contribution < 1.29 is 9.53 Å². The maximum Gasteiger partial charge on any atom is 0.410 e. The highest BCUT2D eigenvalue weighted by Gasteiger charge is 2.23. The molecule has 0 aliphatic carbocycles. The Balaban J connectivity index is 1.39. The van der Waals surface area contributed by atoms with E-state index in [1.165, 1.54) is 0 Å². The standard InChI is InChI=1S/C20H25N3O2/c1-16-13-21-10-7-19(16)22-14-17-8-11-23(12-9-17)20(24)25-15-18-5-3-2-4-6-18/h2-7,10,13,17H,8-9,11-12,14-15H2,1H3,(H,21,22). The number of piperidine rings is 1. The van der Waals surface area contributed by atoms with Crippen LogP contribution in [0.2, 0.25) is 0 Å². The zero-order chi connectivity index (χ0) is 17.5. The number of aromatic nitrogens is 1. The summed E-state index contributed by atoms with van der Waals surface area (Å²) >= 11 is 0. The van der Waals surface area contributed by atoms with Gasteiger partial charge in [-0.05, 0) is 42.9 Å². The first kappa shape index (κ1) is 17.3. The van der Waals surface area contributed by atoms with Crippen molar-refractivity contribution in [3.63, 3.8) is 0 Å². The van der Waals surface area contributed by atoms with Gasteiger partial charge in [0.25, 0.3) is 0 Å². The second-order valence-corrected chi connectivity index (χ2v) is 6.54. The van der Waals surface area contributed by atoms with Crippen LogP contribution in [0, 0.1) is 12.8 Å². The van der Waals surface area contributed by atoms with E-state index < -0.39 is 0 Å². The van der Waals surface area contributed by atoms with E-state index in [0.717, 1.165) is 49.3 Å². The molecule has 0 atom stereocenters. The molecule has 1 saturated heterocycles. The minimum atomic E-state index is -0.208. The van der Waals surface area contributed by atoms with E-state index in [9.17, 15) is 4.79 Å². The summed E-state index contributed by atoms with van der Waals surface area (Å²) in [5.74, 6) is 0.575. The Bertz CT molecular complexity index is 682. The van der Waals surface area contributed by atoms with Crippen LogP contribution in [0.25, 0.3) is 0 Å². The summed E-state index contributed by atoms with van der Waals surface area (Å²) in [5.41, 5.74) is 3.31. The average Bonchev–Trinajstić information content (AvgIpc) is 2.67. The molecule has 5 heteroatoms. The number of likely N-dealkylation sites (tertiary alicyclic amines) is 1. The molecule has 0 bridgehead atoms. The highest BCUT2D eigenvalue weighted by molar-refractivity contribution is 5.67. The van der Waals surface area contributed by atoms with Gasteiger partial charge in [0.15, 0.2) is 0 Å². The van der Waals surface area contributed by atoms with E-state index in [1.807, 2.05) is 47.5 Å². The fourth-order valence-corrected chi connectivity index (χ4v) is 3.06. The average molecular weight is 339 g/mol. The summed E-state index contributed by atoms with van der Waals surface area (Å²) in [4.78, 5) is 18.1.